The third-order valence-electron chi connectivity index (χ3n) is 1.89. The molecule has 15 heavy (non-hydrogen) atoms. The van der Waals surface area contributed by atoms with Crippen LogP contribution < -0.4 is 0 Å². The number of likely N-dealkylation sites (N-methyl/N-ethyl adjacent to an activating group) is 1. The van der Waals surface area contributed by atoms with Crippen molar-refractivity contribution in [3.05, 3.63) is 20.8 Å². The average molecular weight is 292 g/mol. The van der Waals surface area contributed by atoms with Gasteiger partial charge in [0, 0.05) is 4.88 Å². The highest BCUT2D eigenvalue weighted by atomic mass is 79.9. The summed E-state index contributed by atoms with van der Waals surface area (Å²) >= 11 is 4.94. The molecule has 0 N–H and O–H groups in total. The Hall–Kier alpha value is -0.390. The summed E-state index contributed by atoms with van der Waals surface area (Å²) in [6.45, 7) is 2.23. The van der Waals surface area contributed by atoms with Crippen molar-refractivity contribution < 1.29 is 9.53 Å². The molecule has 1 aromatic rings. The summed E-state index contributed by atoms with van der Waals surface area (Å²) in [5, 5.41) is 0. The molecular formula is C10H14BrNO2S. The molecule has 0 aliphatic carbocycles. The normalized spacial score (nSPS) is 12.9. The molecule has 1 heterocycles. The van der Waals surface area contributed by atoms with E-state index in [1.807, 2.05) is 38.1 Å². The zero-order chi connectivity index (χ0) is 11.4. The summed E-state index contributed by atoms with van der Waals surface area (Å²) in [6.07, 6.45) is 0. The van der Waals surface area contributed by atoms with E-state index in [1.165, 1.54) is 0 Å². The first-order chi connectivity index (χ1) is 7.06. The van der Waals surface area contributed by atoms with E-state index < -0.39 is 0 Å². The summed E-state index contributed by atoms with van der Waals surface area (Å²) in [6, 6.07) is 3.58. The van der Waals surface area contributed by atoms with Crippen LogP contribution in [0.2, 0.25) is 0 Å². The van der Waals surface area contributed by atoms with E-state index in [2.05, 4.69) is 15.9 Å². The molecule has 0 aliphatic rings. The van der Waals surface area contributed by atoms with Crippen LogP contribution in [-0.4, -0.2) is 31.6 Å². The Kier molecular flexibility index (Phi) is 4.76. The molecule has 0 radical (unpaired) electrons. The SMILES string of the molecule is CCOC(=O)C(c1ccc(Br)s1)N(C)C. The fraction of sp³-hybridized carbons (Fsp3) is 0.500. The van der Waals surface area contributed by atoms with Gasteiger partial charge in [-0.25, -0.2) is 4.79 Å². The van der Waals surface area contributed by atoms with Gasteiger partial charge in [-0.15, -0.1) is 11.3 Å². The van der Waals surface area contributed by atoms with Gasteiger partial charge in [0.15, 0.2) is 0 Å². The van der Waals surface area contributed by atoms with Gasteiger partial charge in [0.2, 0.25) is 0 Å². The summed E-state index contributed by atoms with van der Waals surface area (Å²) < 4.78 is 6.06. The topological polar surface area (TPSA) is 29.5 Å². The van der Waals surface area contributed by atoms with Crippen molar-refractivity contribution in [2.75, 3.05) is 20.7 Å². The Morgan fingerprint density at radius 2 is 2.27 bits per heavy atom. The van der Waals surface area contributed by atoms with E-state index in [1.54, 1.807) is 11.3 Å². The highest BCUT2D eigenvalue weighted by Crippen LogP contribution is 2.30. The van der Waals surface area contributed by atoms with Crippen LogP contribution in [0.15, 0.2) is 15.9 Å². The van der Waals surface area contributed by atoms with Gasteiger partial charge in [0.05, 0.1) is 10.4 Å². The molecule has 0 spiro atoms. The van der Waals surface area contributed by atoms with Crippen LogP contribution in [0.4, 0.5) is 0 Å². The second-order valence-electron chi connectivity index (χ2n) is 3.26. The summed E-state index contributed by atoms with van der Waals surface area (Å²) in [5.74, 6) is -0.197. The van der Waals surface area contributed by atoms with E-state index in [0.29, 0.717) is 6.61 Å². The number of carbonyl (C=O) groups excluding carboxylic acids is 1. The van der Waals surface area contributed by atoms with Crippen molar-refractivity contribution in [2.45, 2.75) is 13.0 Å². The minimum atomic E-state index is -0.304. The lowest BCUT2D eigenvalue weighted by Gasteiger charge is -2.20. The van der Waals surface area contributed by atoms with Gasteiger partial charge in [0.25, 0.3) is 0 Å². The van der Waals surface area contributed by atoms with E-state index in [-0.39, 0.29) is 12.0 Å². The first-order valence-corrected chi connectivity index (χ1v) is 6.25. The second kappa shape index (κ2) is 5.63. The Morgan fingerprint density at radius 3 is 2.67 bits per heavy atom. The Morgan fingerprint density at radius 1 is 1.60 bits per heavy atom. The molecule has 84 valence electrons. The maximum absolute atomic E-state index is 11.7. The van der Waals surface area contributed by atoms with Gasteiger partial charge >= 0.3 is 5.97 Å². The van der Waals surface area contributed by atoms with E-state index in [0.717, 1.165) is 8.66 Å². The highest BCUT2D eigenvalue weighted by molar-refractivity contribution is 9.11. The monoisotopic (exact) mass is 291 g/mol. The van der Waals surface area contributed by atoms with Crippen molar-refractivity contribution >= 4 is 33.2 Å². The molecule has 1 rings (SSSR count). The Balaban J connectivity index is 2.88. The minimum absolute atomic E-state index is 0.197. The number of thiophene rings is 1. The smallest absolute Gasteiger partial charge is 0.328 e. The van der Waals surface area contributed by atoms with Crippen LogP contribution in [0.1, 0.15) is 17.8 Å². The fourth-order valence-electron chi connectivity index (χ4n) is 1.28. The van der Waals surface area contributed by atoms with Crippen LogP contribution in [0.5, 0.6) is 0 Å². The second-order valence-corrected chi connectivity index (χ2v) is 5.75. The molecule has 0 saturated carbocycles. The molecule has 1 aromatic heterocycles. The minimum Gasteiger partial charge on any atom is -0.465 e. The molecule has 0 amide bonds. The van der Waals surface area contributed by atoms with Gasteiger partial charge < -0.3 is 4.74 Å². The zero-order valence-corrected chi connectivity index (χ0v) is 11.4. The standard InChI is InChI=1S/C10H14BrNO2S/c1-4-14-10(13)9(12(2)3)7-5-6-8(11)15-7/h5-6,9H,4H2,1-3H3. The predicted octanol–water partition coefficient (Wildman–Crippen LogP) is 2.68. The van der Waals surface area contributed by atoms with Crippen LogP contribution in [0.25, 0.3) is 0 Å². The van der Waals surface area contributed by atoms with Gasteiger partial charge in [-0.3, -0.25) is 4.90 Å². The van der Waals surface area contributed by atoms with Crippen molar-refractivity contribution in [1.29, 1.82) is 0 Å². The van der Waals surface area contributed by atoms with Gasteiger partial charge in [0.1, 0.15) is 6.04 Å². The number of hydrogen-bond acceptors (Lipinski definition) is 4. The van der Waals surface area contributed by atoms with E-state index in [4.69, 9.17) is 4.74 Å². The molecule has 0 saturated heterocycles. The number of ether oxygens (including phenoxy) is 1. The first-order valence-electron chi connectivity index (χ1n) is 4.64. The number of hydrogen-bond donors (Lipinski definition) is 0. The number of nitrogens with zero attached hydrogens (tertiary/aromatic N) is 1. The summed E-state index contributed by atoms with van der Waals surface area (Å²) in [4.78, 5) is 14.6. The van der Waals surface area contributed by atoms with Crippen molar-refractivity contribution in [3.63, 3.8) is 0 Å². The maximum atomic E-state index is 11.7. The zero-order valence-electron chi connectivity index (χ0n) is 8.99. The molecule has 0 fully saturated rings. The lowest BCUT2D eigenvalue weighted by atomic mass is 10.2. The predicted molar refractivity (Wildman–Crippen MR) is 65.1 cm³/mol. The lowest BCUT2D eigenvalue weighted by molar-refractivity contribution is -0.148. The third-order valence-corrected chi connectivity index (χ3v) is 3.57. The molecule has 0 aromatic carbocycles. The van der Waals surface area contributed by atoms with Crippen molar-refractivity contribution in [2.24, 2.45) is 0 Å². The van der Waals surface area contributed by atoms with E-state index >= 15 is 0 Å². The fourth-order valence-corrected chi connectivity index (χ4v) is 2.89. The lowest BCUT2D eigenvalue weighted by Crippen LogP contribution is -2.28. The van der Waals surface area contributed by atoms with Gasteiger partial charge in [-0.05, 0) is 49.1 Å². The first kappa shape index (κ1) is 12.7. The van der Waals surface area contributed by atoms with Gasteiger partial charge in [-0.2, -0.15) is 0 Å². The van der Waals surface area contributed by atoms with Crippen LogP contribution >= 0.6 is 27.3 Å². The summed E-state index contributed by atoms with van der Waals surface area (Å²) in [5.41, 5.74) is 0. The molecule has 1 unspecified atom stereocenters. The highest BCUT2D eigenvalue weighted by Gasteiger charge is 2.25. The van der Waals surface area contributed by atoms with Crippen molar-refractivity contribution in [1.82, 2.24) is 4.90 Å². The molecule has 3 nitrogen and oxygen atoms in total. The Bertz CT molecular complexity index is 338. The maximum Gasteiger partial charge on any atom is 0.328 e. The number of rotatable bonds is 4. The average Bonchev–Trinajstić information content (AvgIpc) is 2.51. The van der Waals surface area contributed by atoms with Crippen LogP contribution in [0, 0.1) is 0 Å². The summed E-state index contributed by atoms with van der Waals surface area (Å²) in [7, 11) is 3.74. The third kappa shape index (κ3) is 3.29. The quantitative estimate of drug-likeness (QED) is 0.799. The molecule has 1 atom stereocenters. The molecule has 5 heteroatoms. The number of esters is 1. The molecular weight excluding hydrogens is 278 g/mol. The van der Waals surface area contributed by atoms with Crippen LogP contribution in [0.3, 0.4) is 0 Å². The molecule has 0 bridgehead atoms. The number of carbonyl (C=O) groups is 1. The van der Waals surface area contributed by atoms with Gasteiger partial charge in [-0.1, -0.05) is 0 Å². The molecule has 0 aliphatic heterocycles. The number of halogens is 1. The largest absolute Gasteiger partial charge is 0.465 e. The van der Waals surface area contributed by atoms with Crippen molar-refractivity contribution in [3.8, 4) is 0 Å². The van der Waals surface area contributed by atoms with Crippen LogP contribution in [-0.2, 0) is 9.53 Å². The Labute approximate surface area is 102 Å². The van der Waals surface area contributed by atoms with E-state index in [9.17, 15) is 4.79 Å².